The van der Waals surface area contributed by atoms with Gasteiger partial charge in [0.05, 0.1) is 12.2 Å². The summed E-state index contributed by atoms with van der Waals surface area (Å²) in [6.07, 6.45) is 9.57. The van der Waals surface area contributed by atoms with Crippen LogP contribution in [0.25, 0.3) is 11.6 Å². The summed E-state index contributed by atoms with van der Waals surface area (Å²) < 4.78 is 5.12. The molecule has 0 heterocycles. The number of rotatable bonds is 8. The molecule has 0 amide bonds. The maximum absolute atomic E-state index is 12.0. The standard InChI is InChI=1S/C31H42O2/c1-8-10-11-12-25-20-27-28(31(6,7)18-17-30(27,4)5)21-26(25)22(3)19-23-13-15-24(16-14-23)29(32)33-9-2/h13-16,19-21H,8-12,17-18H2,1-7H3. The van der Waals surface area contributed by atoms with Crippen molar-refractivity contribution in [1.82, 2.24) is 0 Å². The Morgan fingerprint density at radius 1 is 0.939 bits per heavy atom. The number of aryl methyl sites for hydroxylation is 1. The normalized spacial score (nSPS) is 16.9. The smallest absolute Gasteiger partial charge is 0.338 e. The Balaban J connectivity index is 2.03. The van der Waals surface area contributed by atoms with E-state index < -0.39 is 0 Å². The molecular formula is C31H42O2. The Kier molecular flexibility index (Phi) is 7.88. The highest BCUT2D eigenvalue weighted by molar-refractivity contribution is 5.90. The van der Waals surface area contributed by atoms with Crippen molar-refractivity contribution in [1.29, 1.82) is 0 Å². The Morgan fingerprint density at radius 2 is 1.55 bits per heavy atom. The molecule has 0 N–H and O–H groups in total. The van der Waals surface area contributed by atoms with Gasteiger partial charge in [0.2, 0.25) is 0 Å². The second-order valence-corrected chi connectivity index (χ2v) is 10.9. The largest absolute Gasteiger partial charge is 0.462 e. The predicted octanol–water partition coefficient (Wildman–Crippen LogP) is 8.51. The number of hydrogen-bond donors (Lipinski definition) is 0. The lowest BCUT2D eigenvalue weighted by atomic mass is 9.62. The zero-order valence-electron chi connectivity index (χ0n) is 21.8. The lowest BCUT2D eigenvalue weighted by Crippen LogP contribution is -2.34. The second kappa shape index (κ2) is 10.3. The molecule has 1 aliphatic rings. The van der Waals surface area contributed by atoms with Crippen LogP contribution in [-0.4, -0.2) is 12.6 Å². The van der Waals surface area contributed by atoms with Crippen LogP contribution in [-0.2, 0) is 22.0 Å². The van der Waals surface area contributed by atoms with Crippen LogP contribution in [0.4, 0.5) is 0 Å². The molecule has 0 saturated carbocycles. The highest BCUT2D eigenvalue weighted by atomic mass is 16.5. The number of carbonyl (C=O) groups excluding carboxylic acids is 1. The van der Waals surface area contributed by atoms with E-state index in [4.69, 9.17) is 4.74 Å². The van der Waals surface area contributed by atoms with Gasteiger partial charge in [-0.25, -0.2) is 4.79 Å². The molecule has 0 fully saturated rings. The van der Waals surface area contributed by atoms with Crippen molar-refractivity contribution >= 4 is 17.6 Å². The van der Waals surface area contributed by atoms with Crippen LogP contribution in [0, 0.1) is 0 Å². The van der Waals surface area contributed by atoms with Gasteiger partial charge in [-0.1, -0.05) is 77.8 Å². The van der Waals surface area contributed by atoms with Gasteiger partial charge < -0.3 is 4.74 Å². The Hall–Kier alpha value is -2.35. The maximum atomic E-state index is 12.0. The van der Waals surface area contributed by atoms with E-state index in [-0.39, 0.29) is 16.8 Å². The van der Waals surface area contributed by atoms with E-state index in [9.17, 15) is 4.79 Å². The first-order valence-corrected chi connectivity index (χ1v) is 12.7. The highest BCUT2D eigenvalue weighted by Gasteiger charge is 2.37. The predicted molar refractivity (Wildman–Crippen MR) is 141 cm³/mol. The van der Waals surface area contributed by atoms with Gasteiger partial charge in [-0.05, 0) is 95.9 Å². The van der Waals surface area contributed by atoms with E-state index in [0.717, 1.165) is 12.0 Å². The number of fused-ring (bicyclic) bond motifs is 1. The van der Waals surface area contributed by atoms with Crippen molar-refractivity contribution in [2.24, 2.45) is 0 Å². The topological polar surface area (TPSA) is 26.3 Å². The Bertz CT molecular complexity index is 1010. The van der Waals surface area contributed by atoms with E-state index >= 15 is 0 Å². The molecule has 2 aromatic carbocycles. The molecular weight excluding hydrogens is 404 g/mol. The van der Waals surface area contributed by atoms with E-state index in [1.807, 2.05) is 31.2 Å². The van der Waals surface area contributed by atoms with Crippen molar-refractivity contribution < 1.29 is 9.53 Å². The molecule has 2 nitrogen and oxygen atoms in total. The van der Waals surface area contributed by atoms with Crippen LogP contribution in [0.15, 0.2) is 36.4 Å². The molecule has 0 spiro atoms. The number of carbonyl (C=O) groups is 1. The van der Waals surface area contributed by atoms with Crippen molar-refractivity contribution in [3.8, 4) is 0 Å². The van der Waals surface area contributed by atoms with Crippen molar-refractivity contribution in [2.45, 2.75) is 97.8 Å². The van der Waals surface area contributed by atoms with Crippen LogP contribution in [0.5, 0.6) is 0 Å². The Morgan fingerprint density at radius 3 is 2.12 bits per heavy atom. The highest BCUT2D eigenvalue weighted by Crippen LogP contribution is 2.47. The molecule has 3 rings (SSSR count). The minimum Gasteiger partial charge on any atom is -0.462 e. The van der Waals surface area contributed by atoms with Crippen LogP contribution in [0.2, 0.25) is 0 Å². The fourth-order valence-electron chi connectivity index (χ4n) is 5.06. The molecule has 0 radical (unpaired) electrons. The molecule has 0 saturated heterocycles. The summed E-state index contributed by atoms with van der Waals surface area (Å²) in [5.74, 6) is -0.262. The van der Waals surface area contributed by atoms with Gasteiger partial charge in [0.1, 0.15) is 0 Å². The average molecular weight is 447 g/mol. The number of hydrogen-bond acceptors (Lipinski definition) is 2. The third-order valence-electron chi connectivity index (χ3n) is 7.36. The first kappa shape index (κ1) is 25.3. The van der Waals surface area contributed by atoms with E-state index in [1.54, 1.807) is 5.56 Å². The summed E-state index contributed by atoms with van der Waals surface area (Å²) in [6, 6.07) is 12.8. The molecule has 0 unspecified atom stereocenters. The van der Waals surface area contributed by atoms with Crippen molar-refractivity contribution in [3.05, 3.63) is 69.8 Å². The first-order valence-electron chi connectivity index (χ1n) is 12.7. The summed E-state index contributed by atoms with van der Waals surface area (Å²) in [6.45, 7) is 16.3. The van der Waals surface area contributed by atoms with Gasteiger partial charge in [0.15, 0.2) is 0 Å². The van der Waals surface area contributed by atoms with Crippen LogP contribution >= 0.6 is 0 Å². The molecule has 0 aliphatic heterocycles. The number of ether oxygens (including phenoxy) is 1. The molecule has 2 aromatic rings. The number of benzene rings is 2. The minimum atomic E-state index is -0.262. The average Bonchev–Trinajstić information content (AvgIpc) is 2.77. The lowest BCUT2D eigenvalue weighted by Gasteiger charge is -2.42. The number of esters is 1. The monoisotopic (exact) mass is 446 g/mol. The SMILES string of the molecule is CCCCCc1cc2c(cc1C(C)=Cc1ccc(C(=O)OCC)cc1)C(C)(C)CCC2(C)C. The summed E-state index contributed by atoms with van der Waals surface area (Å²) in [4.78, 5) is 12.0. The van der Waals surface area contributed by atoms with Crippen molar-refractivity contribution in [2.75, 3.05) is 6.61 Å². The molecule has 0 atom stereocenters. The zero-order chi connectivity index (χ0) is 24.2. The summed E-state index contributed by atoms with van der Waals surface area (Å²) >= 11 is 0. The molecule has 2 heteroatoms. The van der Waals surface area contributed by atoms with Gasteiger partial charge in [0.25, 0.3) is 0 Å². The van der Waals surface area contributed by atoms with Gasteiger partial charge >= 0.3 is 5.97 Å². The second-order valence-electron chi connectivity index (χ2n) is 10.9. The first-order chi connectivity index (χ1) is 15.6. The van der Waals surface area contributed by atoms with Gasteiger partial charge in [-0.3, -0.25) is 0 Å². The third kappa shape index (κ3) is 5.78. The maximum Gasteiger partial charge on any atom is 0.338 e. The van der Waals surface area contributed by atoms with Crippen LogP contribution in [0.3, 0.4) is 0 Å². The molecule has 178 valence electrons. The summed E-state index contributed by atoms with van der Waals surface area (Å²) in [5, 5.41) is 0. The summed E-state index contributed by atoms with van der Waals surface area (Å²) in [7, 11) is 0. The van der Waals surface area contributed by atoms with E-state index in [1.165, 1.54) is 54.4 Å². The Labute approximate surface area is 201 Å². The lowest BCUT2D eigenvalue weighted by molar-refractivity contribution is 0.0526. The van der Waals surface area contributed by atoms with Gasteiger partial charge in [-0.2, -0.15) is 0 Å². The van der Waals surface area contributed by atoms with Crippen molar-refractivity contribution in [3.63, 3.8) is 0 Å². The van der Waals surface area contributed by atoms with Crippen LogP contribution in [0.1, 0.15) is 119 Å². The minimum absolute atomic E-state index is 0.198. The van der Waals surface area contributed by atoms with Gasteiger partial charge in [0, 0.05) is 0 Å². The van der Waals surface area contributed by atoms with Crippen LogP contribution < -0.4 is 0 Å². The molecule has 1 aliphatic carbocycles. The number of unbranched alkanes of at least 4 members (excludes halogenated alkanes) is 2. The molecule has 0 aromatic heterocycles. The zero-order valence-corrected chi connectivity index (χ0v) is 21.8. The molecule has 33 heavy (non-hydrogen) atoms. The third-order valence-corrected chi connectivity index (χ3v) is 7.36. The van der Waals surface area contributed by atoms with E-state index in [0.29, 0.717) is 12.2 Å². The molecule has 0 bridgehead atoms. The summed E-state index contributed by atoms with van der Waals surface area (Å²) in [5.41, 5.74) is 9.33. The number of allylic oxidation sites excluding steroid dienone is 1. The quantitative estimate of drug-likeness (QED) is 0.231. The fraction of sp³-hybridized carbons (Fsp3) is 0.516. The van der Waals surface area contributed by atoms with E-state index in [2.05, 4.69) is 59.8 Å². The fourth-order valence-corrected chi connectivity index (χ4v) is 5.06. The van der Waals surface area contributed by atoms with Gasteiger partial charge in [-0.15, -0.1) is 0 Å².